The first kappa shape index (κ1) is 17.4. The van der Waals surface area contributed by atoms with E-state index in [1.165, 1.54) is 12.1 Å². The van der Waals surface area contributed by atoms with E-state index in [0.717, 1.165) is 23.1 Å². The summed E-state index contributed by atoms with van der Waals surface area (Å²) in [6.45, 7) is 3.56. The Morgan fingerprint density at radius 3 is 2.67 bits per heavy atom. The molecule has 0 bridgehead atoms. The molecule has 0 radical (unpaired) electrons. The van der Waals surface area contributed by atoms with Gasteiger partial charge in [-0.2, -0.15) is 4.98 Å². The Morgan fingerprint density at radius 1 is 1.19 bits per heavy atom. The molecule has 0 amide bonds. The van der Waals surface area contributed by atoms with Gasteiger partial charge in [0.15, 0.2) is 5.78 Å². The van der Waals surface area contributed by atoms with Crippen molar-refractivity contribution in [3.05, 3.63) is 48.3 Å². The van der Waals surface area contributed by atoms with Crippen LogP contribution in [-0.2, 0) is 4.79 Å². The lowest BCUT2D eigenvalue weighted by molar-refractivity contribution is -0.118. The van der Waals surface area contributed by atoms with Crippen LogP contribution in [0.2, 0.25) is 0 Å². The Labute approximate surface area is 156 Å². The second-order valence-electron chi connectivity index (χ2n) is 6.67. The molecule has 1 aromatic heterocycles. The number of carbonyl (C=O) groups excluding carboxylic acids is 1. The van der Waals surface area contributed by atoms with Crippen molar-refractivity contribution in [2.75, 3.05) is 30.3 Å². The van der Waals surface area contributed by atoms with Gasteiger partial charge in [-0.1, -0.05) is 18.2 Å². The molecule has 1 unspecified atom stereocenters. The van der Waals surface area contributed by atoms with E-state index in [1.807, 2.05) is 23.1 Å². The van der Waals surface area contributed by atoms with E-state index in [-0.39, 0.29) is 23.6 Å². The first-order chi connectivity index (χ1) is 13.0. The van der Waals surface area contributed by atoms with Crippen molar-refractivity contribution in [2.45, 2.75) is 13.0 Å². The number of hydrogen-bond acceptors (Lipinski definition) is 6. The largest absolute Gasteiger partial charge is 0.368 e. The van der Waals surface area contributed by atoms with Gasteiger partial charge >= 0.3 is 0 Å². The molecule has 4 rings (SSSR count). The molecule has 1 aliphatic rings. The van der Waals surface area contributed by atoms with Crippen LogP contribution in [0.1, 0.15) is 6.92 Å². The van der Waals surface area contributed by atoms with Gasteiger partial charge in [0.05, 0.1) is 5.52 Å². The second kappa shape index (κ2) is 6.92. The van der Waals surface area contributed by atoms with E-state index in [2.05, 4.69) is 15.3 Å². The molecule has 6 nitrogen and oxygen atoms in total. The molecule has 27 heavy (non-hydrogen) atoms. The molecule has 2 aromatic carbocycles. The Bertz CT molecular complexity index is 1010. The number of aromatic nitrogens is 2. The van der Waals surface area contributed by atoms with E-state index >= 15 is 0 Å². The van der Waals surface area contributed by atoms with Crippen molar-refractivity contribution >= 4 is 28.5 Å². The summed E-state index contributed by atoms with van der Waals surface area (Å²) in [5, 5.41) is 4.07. The zero-order valence-electron chi connectivity index (χ0n) is 14.9. The Hall–Kier alpha value is -3.06. The summed E-state index contributed by atoms with van der Waals surface area (Å²) in [6, 6.07) is 11.8. The number of nitrogen functional groups attached to an aromatic ring is 1. The molecule has 3 N–H and O–H groups in total. The maximum Gasteiger partial charge on any atom is 0.222 e. The van der Waals surface area contributed by atoms with Crippen LogP contribution in [0, 0.1) is 5.82 Å². The van der Waals surface area contributed by atoms with Gasteiger partial charge in [-0.05, 0) is 42.3 Å². The highest BCUT2D eigenvalue weighted by Crippen LogP contribution is 2.31. The highest BCUT2D eigenvalue weighted by molar-refractivity contribution is 5.96. The van der Waals surface area contributed by atoms with Crippen molar-refractivity contribution < 1.29 is 9.18 Å². The van der Waals surface area contributed by atoms with Crippen LogP contribution in [0.15, 0.2) is 42.5 Å². The minimum atomic E-state index is -0.300. The number of halogens is 1. The van der Waals surface area contributed by atoms with Crippen molar-refractivity contribution in [2.24, 2.45) is 0 Å². The third-order valence-electron chi connectivity index (χ3n) is 4.86. The molecule has 1 saturated heterocycles. The number of nitrogens with two attached hydrogens (primary N) is 1. The molecule has 1 atom stereocenters. The quantitative estimate of drug-likeness (QED) is 0.741. The van der Waals surface area contributed by atoms with Crippen LogP contribution in [0.25, 0.3) is 22.0 Å². The highest BCUT2D eigenvalue weighted by Gasteiger charge is 2.28. The topological polar surface area (TPSA) is 84.1 Å². The van der Waals surface area contributed by atoms with E-state index < -0.39 is 0 Å². The summed E-state index contributed by atoms with van der Waals surface area (Å²) >= 11 is 0. The number of fused-ring (bicyclic) bond motifs is 1. The molecule has 0 aliphatic carbocycles. The lowest BCUT2D eigenvalue weighted by atomic mass is 10.0. The molecule has 1 aliphatic heterocycles. The van der Waals surface area contributed by atoms with Crippen molar-refractivity contribution in [3.63, 3.8) is 0 Å². The van der Waals surface area contributed by atoms with Gasteiger partial charge in [0, 0.05) is 25.0 Å². The molecule has 0 spiro atoms. The Morgan fingerprint density at radius 2 is 1.93 bits per heavy atom. The average molecular weight is 365 g/mol. The number of nitrogens with zero attached hydrogens (tertiary/aromatic N) is 3. The number of carbonyl (C=O) groups is 1. The minimum absolute atomic E-state index is 0.0715. The van der Waals surface area contributed by atoms with Gasteiger partial charge in [0.2, 0.25) is 5.95 Å². The molecule has 138 valence electrons. The van der Waals surface area contributed by atoms with Gasteiger partial charge in [-0.25, -0.2) is 9.37 Å². The van der Waals surface area contributed by atoms with Crippen LogP contribution in [0.4, 0.5) is 16.2 Å². The number of benzene rings is 2. The van der Waals surface area contributed by atoms with Gasteiger partial charge < -0.3 is 16.0 Å². The minimum Gasteiger partial charge on any atom is -0.368 e. The fourth-order valence-electron chi connectivity index (χ4n) is 3.49. The summed E-state index contributed by atoms with van der Waals surface area (Å²) in [4.78, 5) is 22.9. The zero-order valence-corrected chi connectivity index (χ0v) is 14.9. The van der Waals surface area contributed by atoms with Crippen LogP contribution < -0.4 is 16.0 Å². The third kappa shape index (κ3) is 3.33. The number of anilines is 2. The summed E-state index contributed by atoms with van der Waals surface area (Å²) in [7, 11) is 0. The fourth-order valence-corrected chi connectivity index (χ4v) is 3.49. The molecular formula is C20H20FN5O. The second-order valence-corrected chi connectivity index (χ2v) is 6.67. The maximum absolute atomic E-state index is 13.2. The number of rotatable bonds is 3. The Kier molecular flexibility index (Phi) is 4.45. The van der Waals surface area contributed by atoms with Crippen molar-refractivity contribution in [3.8, 4) is 11.1 Å². The number of piperazine rings is 1. The fraction of sp³-hybridized carbons (Fsp3) is 0.250. The van der Waals surface area contributed by atoms with Crippen molar-refractivity contribution in [1.29, 1.82) is 0 Å². The highest BCUT2D eigenvalue weighted by atomic mass is 19.1. The average Bonchev–Trinajstić information content (AvgIpc) is 2.67. The summed E-state index contributed by atoms with van der Waals surface area (Å²) in [6.07, 6.45) is 0. The van der Waals surface area contributed by atoms with Gasteiger partial charge in [-0.3, -0.25) is 4.79 Å². The maximum atomic E-state index is 13.2. The van der Waals surface area contributed by atoms with Crippen LogP contribution in [-0.4, -0.2) is 41.4 Å². The van der Waals surface area contributed by atoms with Crippen molar-refractivity contribution in [1.82, 2.24) is 15.3 Å². The lowest BCUT2D eigenvalue weighted by Crippen LogP contribution is -2.55. The lowest BCUT2D eigenvalue weighted by Gasteiger charge is -2.36. The van der Waals surface area contributed by atoms with Crippen LogP contribution in [0.3, 0.4) is 0 Å². The summed E-state index contributed by atoms with van der Waals surface area (Å²) in [5.41, 5.74) is 8.46. The van der Waals surface area contributed by atoms with Gasteiger partial charge in [-0.15, -0.1) is 0 Å². The summed E-state index contributed by atoms with van der Waals surface area (Å²) in [5.74, 6) is 0.625. The van der Waals surface area contributed by atoms with Crippen LogP contribution in [0.5, 0.6) is 0 Å². The number of hydrogen-bond donors (Lipinski definition) is 2. The molecule has 7 heteroatoms. The Balaban J connectivity index is 1.87. The first-order valence-corrected chi connectivity index (χ1v) is 8.84. The number of ketones is 1. The molecular weight excluding hydrogens is 345 g/mol. The van der Waals surface area contributed by atoms with Crippen LogP contribution >= 0.6 is 0 Å². The normalized spacial score (nSPS) is 17.3. The smallest absolute Gasteiger partial charge is 0.222 e. The number of nitrogens with one attached hydrogen (secondary N) is 1. The van der Waals surface area contributed by atoms with Gasteiger partial charge in [0.1, 0.15) is 17.7 Å². The van der Waals surface area contributed by atoms with E-state index in [1.54, 1.807) is 19.1 Å². The first-order valence-electron chi connectivity index (χ1n) is 8.84. The number of Topliss-reactive ketones (excluding diaryl/α,β-unsaturated/α-hetero) is 1. The molecule has 0 saturated carbocycles. The molecule has 1 fully saturated rings. The third-order valence-corrected chi connectivity index (χ3v) is 4.86. The zero-order chi connectivity index (χ0) is 19.0. The molecule has 3 aromatic rings. The van der Waals surface area contributed by atoms with E-state index in [9.17, 15) is 9.18 Å². The molecule has 2 heterocycles. The monoisotopic (exact) mass is 365 g/mol. The summed E-state index contributed by atoms with van der Waals surface area (Å²) < 4.78 is 13.2. The van der Waals surface area contributed by atoms with E-state index in [4.69, 9.17) is 5.73 Å². The SMILES string of the molecule is CC(=O)C1CNCCN1c1nc(N)nc2ccc(-c3ccc(F)cc3)cc12. The standard InChI is InChI=1S/C20H20FN5O/c1-12(27)18-11-23-8-9-26(18)19-16-10-14(13-2-5-15(21)6-3-13)4-7-17(16)24-20(22)25-19/h2-7,10,18,23H,8-9,11H2,1H3,(H2,22,24,25). The van der Waals surface area contributed by atoms with Gasteiger partial charge in [0.25, 0.3) is 0 Å². The predicted octanol–water partition coefficient (Wildman–Crippen LogP) is 2.39. The van der Waals surface area contributed by atoms with E-state index in [0.29, 0.717) is 24.4 Å². The predicted molar refractivity (Wildman–Crippen MR) is 104 cm³/mol.